The van der Waals surface area contributed by atoms with Gasteiger partial charge in [0.15, 0.2) is 6.29 Å². The molecular weight excluding hydrogens is 793 g/mol. The van der Waals surface area contributed by atoms with Crippen LogP contribution in [0.1, 0.15) is 213 Å². The number of ether oxygens (including phenoxy) is 4. The molecule has 6 unspecified atom stereocenters. The van der Waals surface area contributed by atoms with Gasteiger partial charge in [0, 0.05) is 13.0 Å². The van der Waals surface area contributed by atoms with Crippen molar-refractivity contribution in [1.82, 2.24) is 0 Å². The van der Waals surface area contributed by atoms with Crippen molar-refractivity contribution in [1.29, 1.82) is 0 Å². The number of carbonyl (C=O) groups is 1. The van der Waals surface area contributed by atoms with Gasteiger partial charge in [-0.15, -0.1) is 0 Å². The number of allylic oxidation sites excluding steroid dienone is 10. The second-order valence-electron chi connectivity index (χ2n) is 17.6. The van der Waals surface area contributed by atoms with E-state index >= 15 is 0 Å². The van der Waals surface area contributed by atoms with Gasteiger partial charge in [0.25, 0.3) is 0 Å². The minimum absolute atomic E-state index is 0.123. The first kappa shape index (κ1) is 58.9. The molecule has 0 saturated carbocycles. The molecule has 0 aromatic rings. The highest BCUT2D eigenvalue weighted by molar-refractivity contribution is 5.69. The first-order valence-corrected chi connectivity index (χ1v) is 25.9. The normalized spacial score (nSPS) is 20.1. The van der Waals surface area contributed by atoms with Crippen molar-refractivity contribution in [2.45, 2.75) is 250 Å². The summed E-state index contributed by atoms with van der Waals surface area (Å²) in [5.74, 6) is -0.328. The van der Waals surface area contributed by atoms with Gasteiger partial charge in [-0.3, -0.25) is 4.79 Å². The Bertz CT molecular complexity index is 1150. The lowest BCUT2D eigenvalue weighted by molar-refractivity contribution is -0.305. The average molecular weight is 889 g/mol. The van der Waals surface area contributed by atoms with Crippen molar-refractivity contribution in [2.24, 2.45) is 0 Å². The molecule has 0 amide bonds. The Hall–Kier alpha value is -2.11. The van der Waals surface area contributed by atoms with Crippen molar-refractivity contribution in [3.8, 4) is 0 Å². The molecule has 9 nitrogen and oxygen atoms in total. The van der Waals surface area contributed by atoms with Crippen molar-refractivity contribution in [2.75, 3.05) is 26.4 Å². The van der Waals surface area contributed by atoms with Gasteiger partial charge < -0.3 is 39.4 Å². The van der Waals surface area contributed by atoms with E-state index in [0.29, 0.717) is 13.0 Å². The highest BCUT2D eigenvalue weighted by Crippen LogP contribution is 2.23. The molecule has 4 N–H and O–H groups in total. The van der Waals surface area contributed by atoms with E-state index in [0.717, 1.165) is 64.2 Å². The van der Waals surface area contributed by atoms with E-state index in [1.165, 1.54) is 128 Å². The second kappa shape index (κ2) is 45.1. The van der Waals surface area contributed by atoms with Crippen LogP contribution in [0.2, 0.25) is 0 Å². The highest BCUT2D eigenvalue weighted by atomic mass is 16.7. The molecule has 1 aliphatic rings. The lowest BCUT2D eigenvalue weighted by atomic mass is 9.99. The van der Waals surface area contributed by atoms with Crippen LogP contribution in [0.3, 0.4) is 0 Å². The largest absolute Gasteiger partial charge is 0.457 e. The molecule has 0 radical (unpaired) electrons. The minimum Gasteiger partial charge on any atom is -0.457 e. The molecule has 6 atom stereocenters. The molecule has 0 aromatic heterocycles. The number of aliphatic hydroxyl groups excluding tert-OH is 4. The summed E-state index contributed by atoms with van der Waals surface area (Å²) in [6.07, 6.45) is 51.0. The van der Waals surface area contributed by atoms with Crippen molar-refractivity contribution < 1.29 is 44.2 Å². The van der Waals surface area contributed by atoms with Crippen LogP contribution in [0.4, 0.5) is 0 Å². The third kappa shape index (κ3) is 35.8. The van der Waals surface area contributed by atoms with E-state index in [1.54, 1.807) is 0 Å². The van der Waals surface area contributed by atoms with Gasteiger partial charge in [-0.05, 0) is 83.5 Å². The Morgan fingerprint density at radius 3 is 1.40 bits per heavy atom. The Morgan fingerprint density at radius 1 is 0.508 bits per heavy atom. The zero-order valence-electron chi connectivity index (χ0n) is 40.3. The lowest BCUT2D eigenvalue weighted by Gasteiger charge is -2.39. The van der Waals surface area contributed by atoms with Crippen molar-refractivity contribution in [3.05, 3.63) is 60.8 Å². The average Bonchev–Trinajstić information content (AvgIpc) is 3.28. The summed E-state index contributed by atoms with van der Waals surface area (Å²) in [5.41, 5.74) is 0. The monoisotopic (exact) mass is 889 g/mol. The number of unbranched alkanes of at least 4 members (excludes halogenated alkanes) is 23. The van der Waals surface area contributed by atoms with E-state index in [4.69, 9.17) is 18.9 Å². The molecule has 1 aliphatic heterocycles. The van der Waals surface area contributed by atoms with Crippen LogP contribution in [0, 0.1) is 0 Å². The van der Waals surface area contributed by atoms with Gasteiger partial charge in [0.05, 0.1) is 19.8 Å². The quantitative estimate of drug-likeness (QED) is 0.0268. The van der Waals surface area contributed by atoms with Gasteiger partial charge >= 0.3 is 5.97 Å². The number of aliphatic hydroxyl groups is 4. The Balaban J connectivity index is 2.23. The Morgan fingerprint density at radius 2 is 0.921 bits per heavy atom. The maximum absolute atomic E-state index is 12.8. The summed E-state index contributed by atoms with van der Waals surface area (Å²) in [7, 11) is 0. The number of carbonyl (C=O) groups excluding carboxylic acids is 1. The fourth-order valence-corrected chi connectivity index (χ4v) is 7.59. The van der Waals surface area contributed by atoms with Crippen LogP contribution in [0.25, 0.3) is 0 Å². The van der Waals surface area contributed by atoms with Gasteiger partial charge in [-0.25, -0.2) is 0 Å². The van der Waals surface area contributed by atoms with Gasteiger partial charge in [-0.1, -0.05) is 184 Å². The molecule has 63 heavy (non-hydrogen) atoms. The van der Waals surface area contributed by atoms with Gasteiger partial charge in [-0.2, -0.15) is 0 Å². The molecule has 0 bridgehead atoms. The van der Waals surface area contributed by atoms with Crippen LogP contribution >= 0.6 is 0 Å². The van der Waals surface area contributed by atoms with Crippen molar-refractivity contribution >= 4 is 5.97 Å². The maximum atomic E-state index is 12.8. The molecule has 9 heteroatoms. The number of hydrogen-bond donors (Lipinski definition) is 4. The lowest BCUT2D eigenvalue weighted by Crippen LogP contribution is -2.59. The van der Waals surface area contributed by atoms with Crippen LogP contribution in [-0.2, 0) is 23.7 Å². The molecule has 0 aromatic carbocycles. The Labute approximate surface area is 385 Å². The van der Waals surface area contributed by atoms with Crippen LogP contribution < -0.4 is 0 Å². The molecule has 0 spiro atoms. The van der Waals surface area contributed by atoms with Crippen LogP contribution in [-0.4, -0.2) is 89.6 Å². The minimum atomic E-state index is -1.54. The number of hydrogen-bond acceptors (Lipinski definition) is 9. The number of esters is 1. The first-order valence-electron chi connectivity index (χ1n) is 25.9. The van der Waals surface area contributed by atoms with Gasteiger partial charge in [0.1, 0.15) is 30.5 Å². The predicted octanol–water partition coefficient (Wildman–Crippen LogP) is 12.6. The SMILES string of the molecule is CCCCCC/C=C\C/C=C\CCCCCCCCCCOCC(COC1OC(CO)C(O)C(O)C1O)OC(=O)CCCCCCCC/C=C\C/C=C\C/C=C\CCCCCCC. The summed E-state index contributed by atoms with van der Waals surface area (Å²) in [4.78, 5) is 12.8. The van der Waals surface area contributed by atoms with E-state index < -0.39 is 43.4 Å². The summed E-state index contributed by atoms with van der Waals surface area (Å²) in [6, 6.07) is 0. The smallest absolute Gasteiger partial charge is 0.306 e. The molecule has 1 saturated heterocycles. The predicted molar refractivity (Wildman–Crippen MR) is 261 cm³/mol. The first-order chi connectivity index (χ1) is 30.9. The van der Waals surface area contributed by atoms with E-state index in [1.807, 2.05) is 0 Å². The van der Waals surface area contributed by atoms with E-state index in [9.17, 15) is 25.2 Å². The summed E-state index contributed by atoms with van der Waals surface area (Å²) in [5, 5.41) is 40.2. The van der Waals surface area contributed by atoms with E-state index in [-0.39, 0.29) is 19.2 Å². The zero-order valence-corrected chi connectivity index (χ0v) is 40.3. The summed E-state index contributed by atoms with van der Waals surface area (Å²) >= 11 is 0. The zero-order chi connectivity index (χ0) is 45.7. The van der Waals surface area contributed by atoms with Crippen LogP contribution in [0.5, 0.6) is 0 Å². The maximum Gasteiger partial charge on any atom is 0.306 e. The topological polar surface area (TPSA) is 135 Å². The Kier molecular flexibility index (Phi) is 42.1. The van der Waals surface area contributed by atoms with Crippen LogP contribution in [0.15, 0.2) is 60.8 Å². The third-order valence-corrected chi connectivity index (χ3v) is 11.7. The molecule has 366 valence electrons. The molecule has 1 rings (SSSR count). The number of rotatable bonds is 44. The summed E-state index contributed by atoms with van der Waals surface area (Å²) in [6.45, 7) is 4.51. The van der Waals surface area contributed by atoms with Crippen molar-refractivity contribution in [3.63, 3.8) is 0 Å². The second-order valence-corrected chi connectivity index (χ2v) is 17.6. The highest BCUT2D eigenvalue weighted by Gasteiger charge is 2.44. The fraction of sp³-hybridized carbons (Fsp3) is 0.796. The third-order valence-electron chi connectivity index (χ3n) is 11.7. The molecule has 0 aliphatic carbocycles. The molecular formula is C54H96O9. The standard InChI is InChI=1S/C54H96O9/c1-3-5-7-9-11-13-15-17-19-21-23-24-25-27-29-31-33-35-37-39-41-43-50(56)62-48(47-61-54-53(59)52(58)51(57)49(45-55)63-54)46-60-44-42-40-38-36-34-32-30-28-26-22-20-18-16-14-12-10-8-6-4-2/h14-17,20-23,25,27,48-49,51-55,57-59H,3-13,18-19,24,26,28-47H2,1-2H3/b16-14-,17-15-,22-20-,23-21-,27-25-. The molecule has 1 fully saturated rings. The van der Waals surface area contributed by atoms with E-state index in [2.05, 4.69) is 74.6 Å². The molecule has 1 heterocycles. The summed E-state index contributed by atoms with van der Waals surface area (Å²) < 4.78 is 22.9. The fourth-order valence-electron chi connectivity index (χ4n) is 7.59. The van der Waals surface area contributed by atoms with Gasteiger partial charge in [0.2, 0.25) is 0 Å².